The second-order valence-corrected chi connectivity index (χ2v) is 4.79. The molecule has 104 valence electrons. The fraction of sp³-hybridized carbons (Fsp3) is 0.286. The molecule has 1 aromatic carbocycles. The summed E-state index contributed by atoms with van der Waals surface area (Å²) in [5, 5.41) is 3.75. The van der Waals surface area contributed by atoms with Gasteiger partial charge >= 0.3 is 0 Å². The van der Waals surface area contributed by atoms with Gasteiger partial charge in [0.15, 0.2) is 11.5 Å². The Bertz CT molecular complexity index is 634. The predicted molar refractivity (Wildman–Crippen MR) is 76.9 cm³/mol. The lowest BCUT2D eigenvalue weighted by Crippen LogP contribution is -2.01. The van der Waals surface area contributed by atoms with Crippen LogP contribution in [0, 0.1) is 0 Å². The van der Waals surface area contributed by atoms with E-state index in [1.54, 1.807) is 0 Å². The number of ether oxygens (including phenoxy) is 2. The van der Waals surface area contributed by atoms with Gasteiger partial charge in [0, 0.05) is 17.3 Å². The van der Waals surface area contributed by atoms with Gasteiger partial charge in [-0.15, -0.1) is 0 Å². The van der Waals surface area contributed by atoms with E-state index in [-0.39, 0.29) is 6.79 Å². The molecule has 3 rings (SSSR count). The van der Waals surface area contributed by atoms with Crippen LogP contribution < -0.4 is 14.8 Å². The molecule has 0 atom stereocenters. The minimum atomic E-state index is 0.263. The fourth-order valence-corrected chi connectivity index (χ4v) is 2.31. The molecule has 0 saturated carbocycles. The van der Waals surface area contributed by atoms with Gasteiger partial charge in [-0.05, 0) is 18.6 Å². The van der Waals surface area contributed by atoms with E-state index in [4.69, 9.17) is 21.1 Å². The third-order valence-corrected chi connectivity index (χ3v) is 3.35. The maximum absolute atomic E-state index is 6.13. The van der Waals surface area contributed by atoms with Crippen LogP contribution in [0.5, 0.6) is 11.5 Å². The molecule has 0 amide bonds. The van der Waals surface area contributed by atoms with Gasteiger partial charge in [-0.1, -0.05) is 24.9 Å². The smallest absolute Gasteiger partial charge is 0.231 e. The van der Waals surface area contributed by atoms with Crippen molar-refractivity contribution in [2.24, 2.45) is 0 Å². The highest BCUT2D eigenvalue weighted by molar-refractivity contribution is 6.30. The zero-order valence-electron chi connectivity index (χ0n) is 11.0. The standard InChI is InChI=1S/C14H14ClN3O2/c1-2-3-10-13(15)16-7-17-14(10)18-9-4-5-11-12(6-9)20-8-19-11/h4-7H,2-3,8H2,1H3,(H,16,17,18). The Kier molecular flexibility index (Phi) is 3.60. The summed E-state index contributed by atoms with van der Waals surface area (Å²) in [6.07, 6.45) is 3.26. The van der Waals surface area contributed by atoms with Crippen molar-refractivity contribution >= 4 is 23.1 Å². The topological polar surface area (TPSA) is 56.3 Å². The van der Waals surface area contributed by atoms with Crippen molar-refractivity contribution < 1.29 is 9.47 Å². The maximum Gasteiger partial charge on any atom is 0.231 e. The molecular weight excluding hydrogens is 278 g/mol. The van der Waals surface area contributed by atoms with Gasteiger partial charge in [-0.25, -0.2) is 9.97 Å². The van der Waals surface area contributed by atoms with Gasteiger partial charge in [-0.2, -0.15) is 0 Å². The third kappa shape index (κ3) is 2.49. The number of benzene rings is 1. The molecule has 1 aromatic heterocycles. The molecule has 0 unspecified atom stereocenters. The highest BCUT2D eigenvalue weighted by atomic mass is 35.5. The van der Waals surface area contributed by atoms with E-state index in [2.05, 4.69) is 22.2 Å². The summed E-state index contributed by atoms with van der Waals surface area (Å²) in [6, 6.07) is 5.67. The molecule has 0 spiro atoms. The van der Waals surface area contributed by atoms with E-state index in [0.29, 0.717) is 5.15 Å². The van der Waals surface area contributed by atoms with Crippen molar-refractivity contribution in [3.63, 3.8) is 0 Å². The first-order chi connectivity index (χ1) is 9.78. The first kappa shape index (κ1) is 13.0. The number of aromatic nitrogens is 2. The summed E-state index contributed by atoms with van der Waals surface area (Å²) in [6.45, 7) is 2.35. The molecule has 0 fully saturated rings. The Labute approximate surface area is 121 Å². The Morgan fingerprint density at radius 3 is 2.95 bits per heavy atom. The average Bonchev–Trinajstić information content (AvgIpc) is 2.90. The molecule has 1 aliphatic rings. The van der Waals surface area contributed by atoms with Crippen LogP contribution in [0.4, 0.5) is 11.5 Å². The second-order valence-electron chi connectivity index (χ2n) is 4.43. The second kappa shape index (κ2) is 5.54. The van der Waals surface area contributed by atoms with Gasteiger partial charge in [0.05, 0.1) is 0 Å². The third-order valence-electron chi connectivity index (χ3n) is 3.03. The first-order valence-corrected chi connectivity index (χ1v) is 6.81. The van der Waals surface area contributed by atoms with Crippen LogP contribution in [0.1, 0.15) is 18.9 Å². The quantitative estimate of drug-likeness (QED) is 0.873. The van der Waals surface area contributed by atoms with Crippen LogP contribution in [0.3, 0.4) is 0 Å². The molecule has 2 heterocycles. The summed E-state index contributed by atoms with van der Waals surface area (Å²) < 4.78 is 10.6. The van der Waals surface area contributed by atoms with Crippen molar-refractivity contribution in [3.8, 4) is 11.5 Å². The number of anilines is 2. The molecule has 2 aromatic rings. The van der Waals surface area contributed by atoms with E-state index >= 15 is 0 Å². The van der Waals surface area contributed by atoms with Crippen molar-refractivity contribution in [2.75, 3.05) is 12.1 Å². The van der Waals surface area contributed by atoms with E-state index in [1.807, 2.05) is 18.2 Å². The van der Waals surface area contributed by atoms with Crippen LogP contribution in [0.15, 0.2) is 24.5 Å². The number of fused-ring (bicyclic) bond motifs is 1. The molecule has 0 aliphatic carbocycles. The summed E-state index contributed by atoms with van der Waals surface area (Å²) in [5.74, 6) is 2.21. The Balaban J connectivity index is 1.89. The van der Waals surface area contributed by atoms with Crippen LogP contribution in [-0.2, 0) is 6.42 Å². The lowest BCUT2D eigenvalue weighted by molar-refractivity contribution is 0.174. The predicted octanol–water partition coefficient (Wildman–Crippen LogP) is 3.55. The number of nitrogens with zero attached hydrogens (tertiary/aromatic N) is 2. The van der Waals surface area contributed by atoms with Crippen molar-refractivity contribution in [3.05, 3.63) is 35.2 Å². The SMILES string of the molecule is CCCc1c(Cl)ncnc1Nc1ccc2c(c1)OCO2. The van der Waals surface area contributed by atoms with Crippen molar-refractivity contribution in [1.82, 2.24) is 9.97 Å². The summed E-state index contributed by atoms with van der Waals surface area (Å²) in [5.41, 5.74) is 1.80. The lowest BCUT2D eigenvalue weighted by atomic mass is 10.2. The van der Waals surface area contributed by atoms with E-state index in [0.717, 1.165) is 41.4 Å². The molecule has 0 saturated heterocycles. The molecule has 6 heteroatoms. The normalized spacial score (nSPS) is 12.5. The molecular formula is C14H14ClN3O2. The molecule has 20 heavy (non-hydrogen) atoms. The van der Waals surface area contributed by atoms with Gasteiger partial charge in [0.1, 0.15) is 17.3 Å². The Morgan fingerprint density at radius 1 is 1.25 bits per heavy atom. The van der Waals surface area contributed by atoms with E-state index < -0.39 is 0 Å². The molecule has 1 N–H and O–H groups in total. The van der Waals surface area contributed by atoms with Crippen LogP contribution in [0.2, 0.25) is 5.15 Å². The van der Waals surface area contributed by atoms with E-state index in [9.17, 15) is 0 Å². The van der Waals surface area contributed by atoms with Crippen LogP contribution in [0.25, 0.3) is 0 Å². The molecule has 1 aliphatic heterocycles. The summed E-state index contributed by atoms with van der Waals surface area (Å²) in [4.78, 5) is 8.30. The Hall–Kier alpha value is -2.01. The Morgan fingerprint density at radius 2 is 2.10 bits per heavy atom. The molecule has 0 bridgehead atoms. The highest BCUT2D eigenvalue weighted by Gasteiger charge is 2.14. The van der Waals surface area contributed by atoms with Gasteiger partial charge < -0.3 is 14.8 Å². The van der Waals surface area contributed by atoms with Crippen LogP contribution in [-0.4, -0.2) is 16.8 Å². The van der Waals surface area contributed by atoms with Gasteiger partial charge in [0.25, 0.3) is 0 Å². The zero-order valence-corrected chi connectivity index (χ0v) is 11.8. The zero-order chi connectivity index (χ0) is 13.9. The lowest BCUT2D eigenvalue weighted by Gasteiger charge is -2.11. The molecule has 0 radical (unpaired) electrons. The summed E-state index contributed by atoms with van der Waals surface area (Å²) in [7, 11) is 0. The number of hydrogen-bond donors (Lipinski definition) is 1. The minimum Gasteiger partial charge on any atom is -0.454 e. The van der Waals surface area contributed by atoms with Crippen molar-refractivity contribution in [2.45, 2.75) is 19.8 Å². The average molecular weight is 292 g/mol. The summed E-state index contributed by atoms with van der Waals surface area (Å²) >= 11 is 6.13. The minimum absolute atomic E-state index is 0.263. The van der Waals surface area contributed by atoms with Gasteiger partial charge in [0.2, 0.25) is 6.79 Å². The van der Waals surface area contributed by atoms with Crippen molar-refractivity contribution in [1.29, 1.82) is 0 Å². The van der Waals surface area contributed by atoms with Gasteiger partial charge in [-0.3, -0.25) is 0 Å². The fourth-order valence-electron chi connectivity index (χ4n) is 2.08. The van der Waals surface area contributed by atoms with E-state index in [1.165, 1.54) is 6.33 Å². The number of hydrogen-bond acceptors (Lipinski definition) is 5. The highest BCUT2D eigenvalue weighted by Crippen LogP contribution is 2.35. The number of nitrogens with one attached hydrogen (secondary N) is 1. The number of halogens is 1. The maximum atomic E-state index is 6.13. The monoisotopic (exact) mass is 291 g/mol. The largest absolute Gasteiger partial charge is 0.454 e. The molecule has 5 nitrogen and oxygen atoms in total. The van der Waals surface area contributed by atoms with Crippen LogP contribution >= 0.6 is 11.6 Å². The number of rotatable bonds is 4. The first-order valence-electron chi connectivity index (χ1n) is 6.44.